The van der Waals surface area contributed by atoms with Crippen molar-refractivity contribution in [3.05, 3.63) is 82.9 Å². The van der Waals surface area contributed by atoms with E-state index in [1.54, 1.807) is 0 Å². The Morgan fingerprint density at radius 1 is 0.879 bits per heavy atom. The molecule has 3 aromatic rings. The number of hydrogen-bond donors (Lipinski definition) is 1. The number of rotatable bonds is 8. The average molecular weight is 457 g/mol. The van der Waals surface area contributed by atoms with Gasteiger partial charge in [-0.3, -0.25) is 4.79 Å². The van der Waals surface area contributed by atoms with Crippen LogP contribution >= 0.6 is 0 Å². The normalized spacial score (nSPS) is 10.3. The number of esters is 1. The smallest absolute Gasteiger partial charge is 0.340 e. The number of methoxy groups -OCH3 is 3. The van der Waals surface area contributed by atoms with Crippen molar-refractivity contribution in [2.75, 3.05) is 26.6 Å². The zero-order valence-corrected chi connectivity index (χ0v) is 18.1. The molecule has 0 fully saturated rings. The number of carbonyl (C=O) groups excluding carboxylic acids is 2. The highest BCUT2D eigenvalue weighted by Gasteiger charge is 2.21. The average Bonchev–Trinajstić information content (AvgIpc) is 2.83. The van der Waals surface area contributed by atoms with E-state index in [4.69, 9.17) is 14.2 Å². The van der Waals surface area contributed by atoms with E-state index in [2.05, 4.69) is 10.1 Å². The molecule has 7 nitrogen and oxygen atoms in total. The Labute approximate surface area is 188 Å². The molecule has 0 unspecified atom stereocenters. The number of ether oxygens (including phenoxy) is 4. The molecule has 33 heavy (non-hydrogen) atoms. The van der Waals surface area contributed by atoms with Gasteiger partial charge in [0.25, 0.3) is 5.91 Å². The summed E-state index contributed by atoms with van der Waals surface area (Å²) in [7, 11) is 3.85. The molecular weight excluding hydrogens is 436 g/mol. The molecule has 0 aliphatic carbocycles. The van der Waals surface area contributed by atoms with Gasteiger partial charge in [-0.15, -0.1) is 0 Å². The molecular formula is C24H21F2NO6. The topological polar surface area (TPSA) is 83.1 Å². The minimum Gasteiger partial charge on any atom is -0.493 e. The van der Waals surface area contributed by atoms with E-state index in [0.29, 0.717) is 6.07 Å². The van der Waals surface area contributed by atoms with Crippen molar-refractivity contribution in [1.29, 1.82) is 0 Å². The summed E-state index contributed by atoms with van der Waals surface area (Å²) in [6.07, 6.45) is 0. The van der Waals surface area contributed by atoms with Crippen molar-refractivity contribution in [3.8, 4) is 17.2 Å². The van der Waals surface area contributed by atoms with E-state index >= 15 is 0 Å². The lowest BCUT2D eigenvalue weighted by atomic mass is 10.1. The Morgan fingerprint density at radius 2 is 1.52 bits per heavy atom. The van der Waals surface area contributed by atoms with Gasteiger partial charge < -0.3 is 24.3 Å². The predicted molar refractivity (Wildman–Crippen MR) is 116 cm³/mol. The molecule has 0 aliphatic heterocycles. The maximum Gasteiger partial charge on any atom is 0.340 e. The second-order valence-corrected chi connectivity index (χ2v) is 6.74. The molecule has 172 valence electrons. The third-order valence-corrected chi connectivity index (χ3v) is 4.66. The number of nitrogens with one attached hydrogen (secondary N) is 1. The number of hydrogen-bond acceptors (Lipinski definition) is 6. The van der Waals surface area contributed by atoms with Gasteiger partial charge in [0.1, 0.15) is 18.2 Å². The quantitative estimate of drug-likeness (QED) is 0.498. The van der Waals surface area contributed by atoms with E-state index in [-0.39, 0.29) is 29.4 Å². The lowest BCUT2D eigenvalue weighted by molar-refractivity contribution is 0.0595. The zero-order chi connectivity index (χ0) is 24.0. The van der Waals surface area contributed by atoms with Gasteiger partial charge in [0.2, 0.25) is 5.75 Å². The summed E-state index contributed by atoms with van der Waals surface area (Å²) in [6, 6.07) is 13.5. The minimum absolute atomic E-state index is 0.0547. The molecule has 0 saturated carbocycles. The highest BCUT2D eigenvalue weighted by molar-refractivity contribution is 6.05. The van der Waals surface area contributed by atoms with Crippen LogP contribution in [0.5, 0.6) is 17.2 Å². The first-order chi connectivity index (χ1) is 15.9. The Hall–Kier alpha value is -4.14. The number of halogens is 2. The van der Waals surface area contributed by atoms with Crippen LogP contribution in [0.25, 0.3) is 0 Å². The Kier molecular flexibility index (Phi) is 7.45. The maximum absolute atomic E-state index is 14.2. The molecule has 3 rings (SSSR count). The molecule has 0 spiro atoms. The molecule has 0 atom stereocenters. The van der Waals surface area contributed by atoms with Crippen molar-refractivity contribution >= 4 is 17.6 Å². The van der Waals surface area contributed by atoms with Crippen molar-refractivity contribution in [2.45, 2.75) is 6.61 Å². The number of amides is 1. The van der Waals surface area contributed by atoms with E-state index < -0.39 is 34.8 Å². The molecule has 0 aromatic heterocycles. The van der Waals surface area contributed by atoms with Gasteiger partial charge in [0.15, 0.2) is 11.5 Å². The summed E-state index contributed by atoms with van der Waals surface area (Å²) in [4.78, 5) is 24.5. The van der Waals surface area contributed by atoms with Gasteiger partial charge in [-0.25, -0.2) is 13.6 Å². The summed E-state index contributed by atoms with van der Waals surface area (Å²) >= 11 is 0. The van der Waals surface area contributed by atoms with Gasteiger partial charge in [-0.1, -0.05) is 30.3 Å². The standard InChI is InChI=1S/C24H21F2NO6/c1-30-20-9-15(10-21(31-2)22(20)33-13-14-7-5-4-6-8-14)23(28)27-19-11-16(24(29)32-3)17(25)12-18(19)26/h4-12H,13H2,1-3H3,(H,27,28). The van der Waals surface area contributed by atoms with Crippen LogP contribution in [0.15, 0.2) is 54.6 Å². The fourth-order valence-electron chi connectivity index (χ4n) is 2.99. The zero-order valence-electron chi connectivity index (χ0n) is 18.1. The van der Waals surface area contributed by atoms with Gasteiger partial charge >= 0.3 is 5.97 Å². The van der Waals surface area contributed by atoms with Crippen molar-refractivity contribution < 1.29 is 37.3 Å². The van der Waals surface area contributed by atoms with E-state index in [1.165, 1.54) is 26.4 Å². The first kappa shape index (κ1) is 23.5. The summed E-state index contributed by atoms with van der Waals surface area (Å²) < 4.78 is 49.1. The Balaban J connectivity index is 1.89. The second kappa shape index (κ2) is 10.4. The maximum atomic E-state index is 14.2. The Bertz CT molecular complexity index is 1140. The minimum atomic E-state index is -1.11. The SMILES string of the molecule is COC(=O)c1cc(NC(=O)c2cc(OC)c(OCc3ccccc3)c(OC)c2)c(F)cc1F. The highest BCUT2D eigenvalue weighted by atomic mass is 19.1. The lowest BCUT2D eigenvalue weighted by Gasteiger charge is -2.16. The summed E-state index contributed by atoms with van der Waals surface area (Å²) in [6.45, 7) is 0.232. The van der Waals surface area contributed by atoms with E-state index in [9.17, 15) is 18.4 Å². The summed E-state index contributed by atoms with van der Waals surface area (Å²) in [5.41, 5.74) is 0.0499. The van der Waals surface area contributed by atoms with Crippen LogP contribution in [0.1, 0.15) is 26.3 Å². The lowest BCUT2D eigenvalue weighted by Crippen LogP contribution is -2.15. The van der Waals surface area contributed by atoms with Crippen molar-refractivity contribution in [3.63, 3.8) is 0 Å². The monoisotopic (exact) mass is 457 g/mol. The van der Waals surface area contributed by atoms with Crippen molar-refractivity contribution in [2.24, 2.45) is 0 Å². The molecule has 0 aliphatic rings. The molecule has 0 bridgehead atoms. The summed E-state index contributed by atoms with van der Waals surface area (Å²) in [5.74, 6) is -3.22. The number of anilines is 1. The summed E-state index contributed by atoms with van der Waals surface area (Å²) in [5, 5.41) is 2.31. The van der Waals surface area contributed by atoms with Gasteiger partial charge in [-0.05, 0) is 23.8 Å². The van der Waals surface area contributed by atoms with Crippen LogP contribution in [0.3, 0.4) is 0 Å². The van der Waals surface area contributed by atoms with Crippen LogP contribution < -0.4 is 19.5 Å². The first-order valence-electron chi connectivity index (χ1n) is 9.69. The van der Waals surface area contributed by atoms with Gasteiger partial charge in [0, 0.05) is 11.6 Å². The molecule has 0 radical (unpaired) electrons. The molecule has 0 heterocycles. The molecule has 1 amide bonds. The van der Waals surface area contributed by atoms with Crippen LogP contribution in [0.4, 0.5) is 14.5 Å². The van der Waals surface area contributed by atoms with Crippen LogP contribution in [-0.4, -0.2) is 33.2 Å². The molecule has 3 aromatic carbocycles. The van der Waals surface area contributed by atoms with Gasteiger partial charge in [0.05, 0.1) is 32.6 Å². The third kappa shape index (κ3) is 5.38. The number of benzene rings is 3. The molecule has 9 heteroatoms. The second-order valence-electron chi connectivity index (χ2n) is 6.74. The number of carbonyl (C=O) groups is 2. The van der Waals surface area contributed by atoms with Crippen molar-refractivity contribution in [1.82, 2.24) is 0 Å². The van der Waals surface area contributed by atoms with Crippen LogP contribution in [0, 0.1) is 11.6 Å². The fourth-order valence-corrected chi connectivity index (χ4v) is 2.99. The first-order valence-corrected chi connectivity index (χ1v) is 9.69. The highest BCUT2D eigenvalue weighted by Crippen LogP contribution is 2.39. The third-order valence-electron chi connectivity index (χ3n) is 4.66. The van der Waals surface area contributed by atoms with Crippen LogP contribution in [0.2, 0.25) is 0 Å². The fraction of sp³-hybridized carbons (Fsp3) is 0.167. The molecule has 0 saturated heterocycles. The van der Waals surface area contributed by atoms with Gasteiger partial charge in [-0.2, -0.15) is 0 Å². The predicted octanol–water partition coefficient (Wildman–Crippen LogP) is 4.60. The Morgan fingerprint density at radius 3 is 2.09 bits per heavy atom. The van der Waals surface area contributed by atoms with Crippen LogP contribution in [-0.2, 0) is 11.3 Å². The largest absolute Gasteiger partial charge is 0.493 e. The molecule has 1 N–H and O–H groups in total. The van der Waals surface area contributed by atoms with E-state index in [0.717, 1.165) is 18.7 Å². The van der Waals surface area contributed by atoms with E-state index in [1.807, 2.05) is 30.3 Å².